The zero-order valence-corrected chi connectivity index (χ0v) is 15.0. The summed E-state index contributed by atoms with van der Waals surface area (Å²) in [5.74, 6) is -0.496. The van der Waals surface area contributed by atoms with Crippen LogP contribution in [0.2, 0.25) is 0 Å². The molecule has 0 saturated carbocycles. The van der Waals surface area contributed by atoms with E-state index in [0.29, 0.717) is 24.2 Å². The van der Waals surface area contributed by atoms with E-state index in [1.165, 1.54) is 11.8 Å². The van der Waals surface area contributed by atoms with Crippen molar-refractivity contribution in [2.45, 2.75) is 13.3 Å². The molecule has 6 nitrogen and oxygen atoms in total. The van der Waals surface area contributed by atoms with Gasteiger partial charge in [0.15, 0.2) is 0 Å². The summed E-state index contributed by atoms with van der Waals surface area (Å²) in [5, 5.41) is 13.0. The number of para-hydroxylation sites is 1. The largest absolute Gasteiger partial charge is 0.361 e. The molecule has 0 unspecified atom stereocenters. The summed E-state index contributed by atoms with van der Waals surface area (Å²) in [6.45, 7) is 1.79. The van der Waals surface area contributed by atoms with Crippen molar-refractivity contribution < 1.29 is 9.59 Å². The molecule has 136 valence electrons. The Morgan fingerprint density at radius 2 is 2.00 bits per heavy atom. The number of anilines is 1. The van der Waals surface area contributed by atoms with E-state index in [-0.39, 0.29) is 18.4 Å². The van der Waals surface area contributed by atoms with Crippen LogP contribution in [-0.4, -0.2) is 29.9 Å². The van der Waals surface area contributed by atoms with Gasteiger partial charge in [-0.2, -0.15) is 5.26 Å². The van der Waals surface area contributed by atoms with Crippen molar-refractivity contribution in [3.8, 4) is 6.07 Å². The van der Waals surface area contributed by atoms with Crippen LogP contribution in [0.25, 0.3) is 10.9 Å². The smallest absolute Gasteiger partial charge is 0.240 e. The third-order valence-electron chi connectivity index (χ3n) is 4.36. The molecule has 2 aromatic carbocycles. The third kappa shape index (κ3) is 4.33. The number of H-pyrrole nitrogens is 1. The van der Waals surface area contributed by atoms with Gasteiger partial charge in [0.25, 0.3) is 0 Å². The van der Waals surface area contributed by atoms with Gasteiger partial charge in [0.1, 0.15) is 6.54 Å². The zero-order chi connectivity index (χ0) is 19.2. The van der Waals surface area contributed by atoms with E-state index >= 15 is 0 Å². The molecule has 0 aliphatic rings. The Balaban J connectivity index is 1.60. The maximum Gasteiger partial charge on any atom is 0.240 e. The van der Waals surface area contributed by atoms with E-state index in [0.717, 1.165) is 16.5 Å². The van der Waals surface area contributed by atoms with Gasteiger partial charge in [0, 0.05) is 36.3 Å². The molecule has 27 heavy (non-hydrogen) atoms. The second-order valence-corrected chi connectivity index (χ2v) is 6.23. The predicted molar refractivity (Wildman–Crippen MR) is 104 cm³/mol. The lowest BCUT2D eigenvalue weighted by molar-refractivity contribution is -0.123. The van der Waals surface area contributed by atoms with E-state index in [1.54, 1.807) is 24.3 Å². The van der Waals surface area contributed by atoms with Gasteiger partial charge in [-0.25, -0.2) is 0 Å². The van der Waals surface area contributed by atoms with Crippen LogP contribution in [0.15, 0.2) is 54.7 Å². The number of hydrogen-bond acceptors (Lipinski definition) is 3. The maximum atomic E-state index is 12.3. The van der Waals surface area contributed by atoms with Crippen LogP contribution in [0, 0.1) is 11.3 Å². The monoisotopic (exact) mass is 360 g/mol. The molecule has 6 heteroatoms. The first-order valence-electron chi connectivity index (χ1n) is 8.68. The number of nitriles is 1. The molecule has 3 aromatic rings. The second-order valence-electron chi connectivity index (χ2n) is 6.23. The minimum atomic E-state index is -0.253. The first-order chi connectivity index (χ1) is 13.1. The molecule has 2 amide bonds. The average Bonchev–Trinajstić information content (AvgIpc) is 3.09. The summed E-state index contributed by atoms with van der Waals surface area (Å²) in [4.78, 5) is 28.8. The van der Waals surface area contributed by atoms with Crippen molar-refractivity contribution in [3.05, 3.63) is 65.9 Å². The Bertz CT molecular complexity index is 1020. The lowest BCUT2D eigenvalue weighted by atomic mass is 10.1. The standard InChI is InChI=1S/C21H20N4O2/c1-15(26)25(18-6-4-5-16(11-18)12-22)14-21(27)23-10-9-17-13-24-20-8-3-2-7-19(17)20/h2-8,11,13,24H,9-10,14H2,1H3,(H,23,27). The quantitative estimate of drug-likeness (QED) is 0.708. The third-order valence-corrected chi connectivity index (χ3v) is 4.36. The van der Waals surface area contributed by atoms with Gasteiger partial charge in [0.05, 0.1) is 11.6 Å². The highest BCUT2D eigenvalue weighted by Crippen LogP contribution is 2.18. The predicted octanol–water partition coefficient (Wildman–Crippen LogP) is 2.75. The number of hydrogen-bond donors (Lipinski definition) is 2. The number of nitrogens with zero attached hydrogens (tertiary/aromatic N) is 2. The molecule has 0 spiro atoms. The van der Waals surface area contributed by atoms with Gasteiger partial charge >= 0.3 is 0 Å². The molecule has 0 aliphatic heterocycles. The van der Waals surface area contributed by atoms with Crippen molar-refractivity contribution in [1.82, 2.24) is 10.3 Å². The van der Waals surface area contributed by atoms with Crippen molar-refractivity contribution in [3.63, 3.8) is 0 Å². The zero-order valence-electron chi connectivity index (χ0n) is 15.0. The lowest BCUT2D eigenvalue weighted by Gasteiger charge is -2.20. The van der Waals surface area contributed by atoms with Crippen LogP contribution in [0.3, 0.4) is 0 Å². The van der Waals surface area contributed by atoms with E-state index in [2.05, 4.69) is 10.3 Å². The topological polar surface area (TPSA) is 89.0 Å². The Kier molecular flexibility index (Phi) is 5.53. The number of aromatic nitrogens is 1. The number of amides is 2. The Morgan fingerprint density at radius 3 is 2.78 bits per heavy atom. The number of nitrogens with one attached hydrogen (secondary N) is 2. The summed E-state index contributed by atoms with van der Waals surface area (Å²) in [7, 11) is 0. The van der Waals surface area contributed by atoms with Crippen LogP contribution >= 0.6 is 0 Å². The van der Waals surface area contributed by atoms with E-state index in [1.807, 2.05) is 36.5 Å². The fraction of sp³-hybridized carbons (Fsp3) is 0.190. The van der Waals surface area contributed by atoms with Crippen molar-refractivity contribution in [2.24, 2.45) is 0 Å². The number of carbonyl (C=O) groups is 2. The minimum Gasteiger partial charge on any atom is -0.361 e. The fourth-order valence-corrected chi connectivity index (χ4v) is 3.00. The molecular weight excluding hydrogens is 340 g/mol. The van der Waals surface area contributed by atoms with Crippen LogP contribution in [0.1, 0.15) is 18.1 Å². The van der Waals surface area contributed by atoms with E-state index in [9.17, 15) is 9.59 Å². The lowest BCUT2D eigenvalue weighted by Crippen LogP contribution is -2.40. The van der Waals surface area contributed by atoms with Gasteiger partial charge in [-0.15, -0.1) is 0 Å². The molecule has 0 fully saturated rings. The Morgan fingerprint density at radius 1 is 1.19 bits per heavy atom. The molecule has 0 bridgehead atoms. The molecule has 1 heterocycles. The molecule has 0 saturated heterocycles. The van der Waals surface area contributed by atoms with Crippen LogP contribution in [0.5, 0.6) is 0 Å². The van der Waals surface area contributed by atoms with E-state index < -0.39 is 0 Å². The number of benzene rings is 2. The van der Waals surface area contributed by atoms with Gasteiger partial charge in [0.2, 0.25) is 11.8 Å². The van der Waals surface area contributed by atoms with Crippen molar-refractivity contribution in [1.29, 1.82) is 5.26 Å². The van der Waals surface area contributed by atoms with Crippen molar-refractivity contribution >= 4 is 28.4 Å². The average molecular weight is 360 g/mol. The summed E-state index contributed by atoms with van der Waals surface area (Å²) in [6, 6.07) is 16.7. The molecule has 0 atom stereocenters. The maximum absolute atomic E-state index is 12.3. The van der Waals surface area contributed by atoms with Gasteiger partial charge < -0.3 is 15.2 Å². The Labute approximate surface area is 157 Å². The van der Waals surface area contributed by atoms with Gasteiger partial charge in [-0.1, -0.05) is 24.3 Å². The molecule has 0 aliphatic carbocycles. The van der Waals surface area contributed by atoms with Crippen LogP contribution < -0.4 is 10.2 Å². The Hall–Kier alpha value is -3.59. The van der Waals surface area contributed by atoms with Crippen molar-refractivity contribution in [2.75, 3.05) is 18.0 Å². The first kappa shape index (κ1) is 18.2. The number of carbonyl (C=O) groups excluding carboxylic acids is 2. The highest BCUT2D eigenvalue weighted by atomic mass is 16.2. The summed E-state index contributed by atoms with van der Waals surface area (Å²) in [6.07, 6.45) is 2.64. The summed E-state index contributed by atoms with van der Waals surface area (Å²) in [5.41, 5.74) is 3.18. The molecule has 1 aromatic heterocycles. The SMILES string of the molecule is CC(=O)N(CC(=O)NCCc1c[nH]c2ccccc12)c1cccc(C#N)c1. The molecular formula is C21H20N4O2. The molecule has 2 N–H and O–H groups in total. The normalized spacial score (nSPS) is 10.4. The summed E-state index contributed by atoms with van der Waals surface area (Å²) >= 11 is 0. The number of fused-ring (bicyclic) bond motifs is 1. The number of rotatable bonds is 6. The van der Waals surface area contributed by atoms with Gasteiger partial charge in [-0.3, -0.25) is 9.59 Å². The second kappa shape index (κ2) is 8.19. The first-order valence-corrected chi connectivity index (χ1v) is 8.68. The minimum absolute atomic E-state index is 0.0852. The molecule has 3 rings (SSSR count). The molecule has 0 radical (unpaired) electrons. The highest BCUT2D eigenvalue weighted by molar-refractivity contribution is 5.97. The van der Waals surface area contributed by atoms with E-state index in [4.69, 9.17) is 5.26 Å². The fourth-order valence-electron chi connectivity index (χ4n) is 3.00. The number of aromatic amines is 1. The van der Waals surface area contributed by atoms with Crippen LogP contribution in [0.4, 0.5) is 5.69 Å². The van der Waals surface area contributed by atoms with Gasteiger partial charge in [-0.05, 0) is 36.2 Å². The van der Waals surface area contributed by atoms with Crippen LogP contribution in [-0.2, 0) is 16.0 Å². The highest BCUT2D eigenvalue weighted by Gasteiger charge is 2.16. The summed E-state index contributed by atoms with van der Waals surface area (Å²) < 4.78 is 0.